The Kier molecular flexibility index (Phi) is 5.38. The highest BCUT2D eigenvalue weighted by molar-refractivity contribution is 6.80. The summed E-state index contributed by atoms with van der Waals surface area (Å²) in [6, 6.07) is 21.1. The van der Waals surface area contributed by atoms with E-state index in [1.807, 2.05) is 19.1 Å². The Hall–Kier alpha value is -1.82. The van der Waals surface area contributed by atoms with E-state index in [1.165, 1.54) is 10.4 Å². The Morgan fingerprint density at radius 1 is 0.905 bits per heavy atom. The van der Waals surface area contributed by atoms with Crippen molar-refractivity contribution in [2.45, 2.75) is 32.8 Å². The molecular formula is C19H22OSi. The molecule has 21 heavy (non-hydrogen) atoms. The van der Waals surface area contributed by atoms with Crippen LogP contribution < -0.4 is 10.4 Å². The lowest BCUT2D eigenvalue weighted by atomic mass is 10.1. The minimum Gasteiger partial charge on any atom is -0.405 e. The molecule has 2 aromatic rings. The predicted molar refractivity (Wildman–Crippen MR) is 92.5 cm³/mol. The molecule has 0 heterocycles. The summed E-state index contributed by atoms with van der Waals surface area (Å²) in [6.07, 6.45) is 0.757. The van der Waals surface area contributed by atoms with Gasteiger partial charge in [-0.15, -0.1) is 11.8 Å². The molecule has 0 atom stereocenters. The van der Waals surface area contributed by atoms with Gasteiger partial charge >= 0.3 is 0 Å². The second-order valence-electron chi connectivity index (χ2n) is 5.68. The van der Waals surface area contributed by atoms with Crippen LogP contribution >= 0.6 is 0 Å². The standard InChI is InChI=1S/C19H22OSi/c1-4-5-16-19(2,3)20-21(17-12-8-6-9-13-17)18-14-10-7-11-15-18/h6-15,21H,16H2,1-3H3. The van der Waals surface area contributed by atoms with Crippen LogP contribution in [0.2, 0.25) is 0 Å². The molecule has 0 unspecified atom stereocenters. The molecule has 108 valence electrons. The highest BCUT2D eigenvalue weighted by Gasteiger charge is 2.26. The van der Waals surface area contributed by atoms with Crippen molar-refractivity contribution in [1.29, 1.82) is 0 Å². The first-order valence-corrected chi connectivity index (χ1v) is 8.92. The van der Waals surface area contributed by atoms with Crippen LogP contribution in [0.15, 0.2) is 60.7 Å². The predicted octanol–water partition coefficient (Wildman–Crippen LogP) is 2.73. The van der Waals surface area contributed by atoms with Crippen LogP contribution in [-0.2, 0) is 4.43 Å². The van der Waals surface area contributed by atoms with E-state index < -0.39 is 9.04 Å². The van der Waals surface area contributed by atoms with Crippen molar-refractivity contribution >= 4 is 19.4 Å². The van der Waals surface area contributed by atoms with E-state index >= 15 is 0 Å². The van der Waals surface area contributed by atoms with E-state index in [2.05, 4.69) is 74.2 Å². The van der Waals surface area contributed by atoms with Crippen LogP contribution in [0.25, 0.3) is 0 Å². The van der Waals surface area contributed by atoms with Gasteiger partial charge in [0.2, 0.25) is 9.04 Å². The van der Waals surface area contributed by atoms with Crippen LogP contribution in [0.5, 0.6) is 0 Å². The van der Waals surface area contributed by atoms with E-state index in [0.29, 0.717) is 0 Å². The first-order valence-electron chi connectivity index (χ1n) is 7.30. The van der Waals surface area contributed by atoms with E-state index in [4.69, 9.17) is 4.43 Å². The molecular weight excluding hydrogens is 272 g/mol. The van der Waals surface area contributed by atoms with Gasteiger partial charge in [-0.25, -0.2) is 0 Å². The molecule has 0 bridgehead atoms. The Balaban J connectivity index is 2.31. The topological polar surface area (TPSA) is 9.23 Å². The molecule has 0 spiro atoms. The Labute approximate surface area is 129 Å². The van der Waals surface area contributed by atoms with Crippen molar-refractivity contribution in [3.8, 4) is 11.8 Å². The fourth-order valence-corrected chi connectivity index (χ4v) is 4.77. The number of benzene rings is 2. The molecule has 0 fully saturated rings. The highest BCUT2D eigenvalue weighted by atomic mass is 28.3. The van der Waals surface area contributed by atoms with Crippen molar-refractivity contribution < 1.29 is 4.43 Å². The summed E-state index contributed by atoms with van der Waals surface area (Å²) in [5.74, 6) is 6.11. The minimum absolute atomic E-state index is 0.231. The monoisotopic (exact) mass is 294 g/mol. The fourth-order valence-electron chi connectivity index (χ4n) is 2.25. The summed E-state index contributed by atoms with van der Waals surface area (Å²) < 4.78 is 6.55. The normalized spacial score (nSPS) is 11.0. The third-order valence-corrected chi connectivity index (χ3v) is 6.19. The van der Waals surface area contributed by atoms with Gasteiger partial charge in [-0.3, -0.25) is 0 Å². The van der Waals surface area contributed by atoms with Crippen LogP contribution in [0.3, 0.4) is 0 Å². The minimum atomic E-state index is -1.69. The first-order chi connectivity index (χ1) is 10.1. The lowest BCUT2D eigenvalue weighted by molar-refractivity contribution is 0.120. The summed E-state index contributed by atoms with van der Waals surface area (Å²) in [6.45, 7) is 6.13. The summed E-state index contributed by atoms with van der Waals surface area (Å²) in [4.78, 5) is 0. The summed E-state index contributed by atoms with van der Waals surface area (Å²) in [5.41, 5.74) is -0.231. The van der Waals surface area contributed by atoms with E-state index in [-0.39, 0.29) is 5.60 Å². The SMILES string of the molecule is CC#CCC(C)(C)O[SiH](c1ccccc1)c1ccccc1. The molecule has 2 aromatic carbocycles. The van der Waals surface area contributed by atoms with Crippen molar-refractivity contribution in [3.63, 3.8) is 0 Å². The van der Waals surface area contributed by atoms with E-state index in [0.717, 1.165) is 6.42 Å². The molecule has 0 N–H and O–H groups in total. The lowest BCUT2D eigenvalue weighted by Gasteiger charge is -2.29. The summed E-state index contributed by atoms with van der Waals surface area (Å²) >= 11 is 0. The molecule has 0 saturated carbocycles. The Morgan fingerprint density at radius 2 is 1.38 bits per heavy atom. The largest absolute Gasteiger partial charge is 0.405 e. The molecule has 0 amide bonds. The van der Waals surface area contributed by atoms with Crippen LogP contribution in [0.4, 0.5) is 0 Å². The molecule has 0 aliphatic rings. The summed E-state index contributed by atoms with van der Waals surface area (Å²) in [5, 5.41) is 2.61. The van der Waals surface area contributed by atoms with Gasteiger partial charge in [0, 0.05) is 6.42 Å². The Bertz CT molecular complexity index is 569. The van der Waals surface area contributed by atoms with Crippen molar-refractivity contribution in [2.75, 3.05) is 0 Å². The molecule has 0 aromatic heterocycles. The van der Waals surface area contributed by atoms with Gasteiger partial charge in [0.25, 0.3) is 0 Å². The molecule has 1 nitrogen and oxygen atoms in total. The smallest absolute Gasteiger partial charge is 0.240 e. The van der Waals surface area contributed by atoms with E-state index in [1.54, 1.807) is 0 Å². The van der Waals surface area contributed by atoms with Gasteiger partial charge in [0.1, 0.15) is 0 Å². The third kappa shape index (κ3) is 4.59. The van der Waals surface area contributed by atoms with E-state index in [9.17, 15) is 0 Å². The van der Waals surface area contributed by atoms with Gasteiger partial charge in [-0.2, -0.15) is 0 Å². The van der Waals surface area contributed by atoms with Crippen molar-refractivity contribution in [3.05, 3.63) is 60.7 Å². The van der Waals surface area contributed by atoms with Crippen LogP contribution in [-0.4, -0.2) is 14.6 Å². The van der Waals surface area contributed by atoms with Crippen molar-refractivity contribution in [2.24, 2.45) is 0 Å². The van der Waals surface area contributed by atoms with Gasteiger partial charge in [-0.05, 0) is 31.1 Å². The molecule has 0 radical (unpaired) electrons. The zero-order valence-corrected chi connectivity index (χ0v) is 14.1. The first kappa shape index (κ1) is 15.6. The quantitative estimate of drug-likeness (QED) is 0.608. The van der Waals surface area contributed by atoms with Crippen molar-refractivity contribution in [1.82, 2.24) is 0 Å². The lowest BCUT2D eigenvalue weighted by Crippen LogP contribution is -2.49. The Morgan fingerprint density at radius 3 is 1.81 bits per heavy atom. The van der Waals surface area contributed by atoms with Gasteiger partial charge in [-0.1, -0.05) is 60.7 Å². The molecule has 0 aliphatic heterocycles. The zero-order chi connectivity index (χ0) is 15.1. The fraction of sp³-hybridized carbons (Fsp3) is 0.263. The zero-order valence-electron chi connectivity index (χ0n) is 13.0. The second-order valence-corrected chi connectivity index (χ2v) is 8.01. The molecule has 2 heteroatoms. The van der Waals surface area contributed by atoms with Crippen LogP contribution in [0, 0.1) is 11.8 Å². The van der Waals surface area contributed by atoms with Crippen LogP contribution in [0.1, 0.15) is 27.2 Å². The van der Waals surface area contributed by atoms with Gasteiger partial charge < -0.3 is 4.43 Å². The average Bonchev–Trinajstić information content (AvgIpc) is 2.52. The highest BCUT2D eigenvalue weighted by Crippen LogP contribution is 2.15. The summed E-state index contributed by atoms with van der Waals surface area (Å²) in [7, 11) is -1.69. The molecule has 2 rings (SSSR count). The molecule has 0 saturated heterocycles. The number of hydrogen-bond acceptors (Lipinski definition) is 1. The molecule has 0 aliphatic carbocycles. The number of hydrogen-bond donors (Lipinski definition) is 0. The third-order valence-electron chi connectivity index (χ3n) is 3.33. The van der Waals surface area contributed by atoms with Gasteiger partial charge in [0.05, 0.1) is 5.60 Å². The second kappa shape index (κ2) is 7.26. The van der Waals surface area contributed by atoms with Gasteiger partial charge in [0.15, 0.2) is 0 Å². The maximum absolute atomic E-state index is 6.55. The maximum Gasteiger partial charge on any atom is 0.240 e. The maximum atomic E-state index is 6.55. The average molecular weight is 294 g/mol. The number of rotatable bonds is 5.